The molecule has 4 fully saturated rings. The zero-order valence-corrected chi connectivity index (χ0v) is 6.18. The first kappa shape index (κ1) is 6.50. The number of hydrogen-bond acceptors (Lipinski definition) is 1. The smallest absolute Gasteiger partial charge is 0.169 e. The number of epoxide rings is 1. The molecule has 0 aromatic rings. The van der Waals surface area contributed by atoms with Gasteiger partial charge in [0, 0.05) is 19.0 Å². The van der Waals surface area contributed by atoms with Gasteiger partial charge in [0.25, 0.3) is 0 Å². The van der Waals surface area contributed by atoms with E-state index in [1.165, 1.54) is 36.9 Å². The highest BCUT2D eigenvalue weighted by Gasteiger charge is 2.59. The second-order valence-electron chi connectivity index (χ2n) is 3.90. The molecule has 2 nitrogen and oxygen atoms in total. The van der Waals surface area contributed by atoms with Crippen LogP contribution >= 0.6 is 0 Å². The van der Waals surface area contributed by atoms with E-state index in [0.29, 0.717) is 13.6 Å². The molecule has 4 heterocycles. The van der Waals surface area contributed by atoms with Crippen molar-refractivity contribution in [2.45, 2.75) is 18.4 Å². The molecule has 4 saturated heterocycles. The van der Waals surface area contributed by atoms with Crippen LogP contribution in [0.15, 0.2) is 0 Å². The van der Waals surface area contributed by atoms with Crippen LogP contribution < -0.4 is 0 Å². The molecule has 1 spiro atoms. The zero-order valence-electron chi connectivity index (χ0n) is 6.18. The maximum absolute atomic E-state index is 5.66. The van der Waals surface area contributed by atoms with Crippen LogP contribution in [0.1, 0.15) is 12.8 Å². The Bertz CT molecular complexity index is 194. The summed E-state index contributed by atoms with van der Waals surface area (Å²) in [6, 6.07) is 0. The fourth-order valence-corrected chi connectivity index (χ4v) is 2.54. The van der Waals surface area contributed by atoms with Crippen LogP contribution in [0.5, 0.6) is 0 Å². The summed E-state index contributed by atoms with van der Waals surface area (Å²) < 4.78 is 7.20. The van der Waals surface area contributed by atoms with Crippen molar-refractivity contribution in [1.82, 2.24) is 0 Å². The predicted octanol–water partition coefficient (Wildman–Crippen LogP) is -0.724. The molecule has 4 rings (SSSR count). The maximum atomic E-state index is 5.66. The second kappa shape index (κ2) is 1.67. The minimum absolute atomic E-state index is 0.443. The Labute approximate surface area is 68.5 Å². The number of quaternary nitrogens is 1. The lowest BCUT2D eigenvalue weighted by molar-refractivity contribution is -0.840. The fourth-order valence-electron chi connectivity index (χ4n) is 2.54. The Hall–Kier alpha value is -0.0151. The third-order valence-corrected chi connectivity index (χ3v) is 3.34. The number of fused-ring (bicyclic) bond motifs is 2. The van der Waals surface area contributed by atoms with Gasteiger partial charge < -0.3 is 9.13 Å². The van der Waals surface area contributed by atoms with Crippen molar-refractivity contribution in [3.63, 3.8) is 0 Å². The highest BCUT2D eigenvalue weighted by molar-refractivity contribution is 5.97. The van der Waals surface area contributed by atoms with E-state index in [4.69, 9.17) is 4.74 Å². The third kappa shape index (κ3) is 0.758. The number of rotatable bonds is 0. The minimum atomic E-state index is 0.443. The molecule has 0 aromatic carbocycles. The molecule has 4 aliphatic rings. The van der Waals surface area contributed by atoms with Gasteiger partial charge in [0.1, 0.15) is 5.60 Å². The van der Waals surface area contributed by atoms with Crippen molar-refractivity contribution in [3.05, 3.63) is 0 Å². The third-order valence-electron chi connectivity index (χ3n) is 3.34. The number of nitrogens with zero attached hydrogens (tertiary/aromatic N) is 1. The van der Waals surface area contributed by atoms with Gasteiger partial charge in [-0.05, 0) is 12.8 Å². The van der Waals surface area contributed by atoms with E-state index in [2.05, 4.69) is 0 Å². The van der Waals surface area contributed by atoms with Crippen LogP contribution in [-0.2, 0) is 4.74 Å². The molecule has 0 radical (unpaired) electrons. The molecule has 0 N–H and O–H groups in total. The van der Waals surface area contributed by atoms with Gasteiger partial charge in [0.2, 0.25) is 0 Å². The van der Waals surface area contributed by atoms with Gasteiger partial charge in [-0.15, -0.1) is 0 Å². The van der Waals surface area contributed by atoms with Gasteiger partial charge in [-0.3, -0.25) is 0 Å². The zero-order chi connectivity index (χ0) is 7.53. The molecule has 0 saturated carbocycles. The molecule has 2 bridgehead atoms. The van der Waals surface area contributed by atoms with Crippen molar-refractivity contribution in [1.29, 1.82) is 0 Å². The van der Waals surface area contributed by atoms with Crippen LogP contribution in [0.2, 0.25) is 0 Å². The Morgan fingerprint density at radius 3 is 2.36 bits per heavy atom. The van der Waals surface area contributed by atoms with Crippen LogP contribution in [0.25, 0.3) is 0 Å². The van der Waals surface area contributed by atoms with Crippen molar-refractivity contribution in [2.24, 2.45) is 5.92 Å². The molecule has 3 heteroatoms. The molecule has 4 aliphatic heterocycles. The molecule has 62 valence electrons. The lowest BCUT2D eigenvalue weighted by Gasteiger charge is -2.56. The second-order valence-corrected chi connectivity index (χ2v) is 3.90. The molecular formula is C8H16BNO. The average molecular weight is 153 g/mol. The molecule has 0 aromatic heterocycles. The number of hydrogen-bond donors (Lipinski definition) is 0. The summed E-state index contributed by atoms with van der Waals surface area (Å²) in [5.74, 6) is 0.959. The first-order valence-corrected chi connectivity index (χ1v) is 4.25. The molecule has 11 heavy (non-hydrogen) atoms. The van der Waals surface area contributed by atoms with Crippen LogP contribution in [0.3, 0.4) is 0 Å². The first-order valence-electron chi connectivity index (χ1n) is 4.25. The fraction of sp³-hybridized carbons (Fsp3) is 1.00. The highest BCUT2D eigenvalue weighted by atomic mass is 16.6. The normalized spacial score (nSPS) is 60.3. The van der Waals surface area contributed by atoms with Gasteiger partial charge in [-0.1, -0.05) is 0 Å². The lowest BCUT2D eigenvalue weighted by atomic mass is 9.75. The quantitative estimate of drug-likeness (QED) is 0.330. The van der Waals surface area contributed by atoms with Gasteiger partial charge in [0.05, 0.1) is 13.2 Å². The summed E-state index contributed by atoms with van der Waals surface area (Å²) in [6.45, 7) is 5.53. The van der Waals surface area contributed by atoms with Gasteiger partial charge in [0.15, 0.2) is 7.98 Å². The lowest BCUT2D eigenvalue weighted by Crippen LogP contribution is -2.63. The van der Waals surface area contributed by atoms with E-state index in [1.54, 1.807) is 0 Å². The standard InChI is InChI=1S/C8H16BNO/c9-10-3-1-7(2-4-10)8(5-10)6-11-8/h7H,1-6H2,9H3. The number of ether oxygens (including phenoxy) is 1. The summed E-state index contributed by atoms with van der Waals surface area (Å²) in [5.41, 5.74) is 0.443. The van der Waals surface area contributed by atoms with Crippen LogP contribution in [0, 0.1) is 5.92 Å². The van der Waals surface area contributed by atoms with E-state index in [0.717, 1.165) is 12.5 Å². The Balaban J connectivity index is 1.93. The summed E-state index contributed by atoms with van der Waals surface area (Å²) in [4.78, 5) is 0. The largest absolute Gasteiger partial charge is 0.520 e. The first-order chi connectivity index (χ1) is 5.23. The van der Waals surface area contributed by atoms with Crippen molar-refractivity contribution < 1.29 is 9.13 Å². The summed E-state index contributed by atoms with van der Waals surface area (Å²) >= 11 is 0. The van der Waals surface area contributed by atoms with Gasteiger partial charge >= 0.3 is 0 Å². The Morgan fingerprint density at radius 1 is 1.36 bits per heavy atom. The van der Waals surface area contributed by atoms with E-state index in [9.17, 15) is 0 Å². The molecule has 1 atom stereocenters. The van der Waals surface area contributed by atoms with Gasteiger partial charge in [-0.2, -0.15) is 0 Å². The van der Waals surface area contributed by atoms with E-state index in [1.807, 2.05) is 0 Å². The van der Waals surface area contributed by atoms with Crippen molar-refractivity contribution >= 4 is 7.98 Å². The highest BCUT2D eigenvalue weighted by Crippen LogP contribution is 2.48. The Morgan fingerprint density at radius 2 is 2.00 bits per heavy atom. The maximum Gasteiger partial charge on any atom is 0.169 e. The van der Waals surface area contributed by atoms with Crippen LogP contribution in [-0.4, -0.2) is 44.2 Å². The topological polar surface area (TPSA) is 12.5 Å². The Kier molecular flexibility index (Phi) is 0.985. The van der Waals surface area contributed by atoms with E-state index >= 15 is 0 Å². The van der Waals surface area contributed by atoms with Crippen molar-refractivity contribution in [2.75, 3.05) is 26.2 Å². The average Bonchev–Trinajstić information content (AvgIpc) is 2.69. The SMILES string of the molecule is [BH3-][N+]12CCC(CC1)C1(CO1)C2. The van der Waals surface area contributed by atoms with E-state index < -0.39 is 0 Å². The monoisotopic (exact) mass is 153 g/mol. The molecule has 1 unspecified atom stereocenters. The van der Waals surface area contributed by atoms with Crippen LogP contribution in [0.4, 0.5) is 0 Å². The number of piperidine rings is 3. The molecular weight excluding hydrogens is 137 g/mol. The minimum Gasteiger partial charge on any atom is -0.520 e. The summed E-state index contributed by atoms with van der Waals surface area (Å²) in [5, 5.41) is 0. The van der Waals surface area contributed by atoms with Gasteiger partial charge in [-0.25, -0.2) is 0 Å². The van der Waals surface area contributed by atoms with E-state index in [-0.39, 0.29) is 0 Å². The molecule has 0 aliphatic carbocycles. The predicted molar refractivity (Wildman–Crippen MR) is 46.2 cm³/mol. The van der Waals surface area contributed by atoms with Crippen molar-refractivity contribution in [3.8, 4) is 0 Å². The summed E-state index contributed by atoms with van der Waals surface area (Å²) in [7, 11) is 0.497. The molecule has 0 amide bonds. The summed E-state index contributed by atoms with van der Waals surface area (Å²) in [6.07, 6.45) is 2.95.